The molecule has 232 valence electrons. The van der Waals surface area contributed by atoms with Crippen molar-refractivity contribution >= 4 is 17.7 Å². The van der Waals surface area contributed by atoms with Gasteiger partial charge in [-0.05, 0) is 75.2 Å². The van der Waals surface area contributed by atoms with Gasteiger partial charge in [-0.3, -0.25) is 4.79 Å². The van der Waals surface area contributed by atoms with Crippen molar-refractivity contribution in [2.24, 2.45) is 0 Å². The van der Waals surface area contributed by atoms with Crippen LogP contribution < -0.4 is 19.5 Å². The number of hydrogen-bond donors (Lipinski definition) is 2. The fraction of sp³-hybridized carbons (Fsp3) is 0.394. The zero-order valence-electron chi connectivity index (χ0n) is 25.5. The standard InChI is InChI=1S/C33H42N2O8/c1-33(2,3)43-32(38)35(21-27(36)22-41-28-14-16-29(17-15-28)42-23-39-4)19-18-24-10-12-26(13-11-24)34-31(37)20-25-8-6-7-9-30(25)40-5/h6-17,27,36H,18-23H2,1-5H3,(H,34,37)/t27-/m0/s1. The Labute approximate surface area is 253 Å². The van der Waals surface area contributed by atoms with Gasteiger partial charge in [-0.2, -0.15) is 0 Å². The predicted octanol–water partition coefficient (Wildman–Crippen LogP) is 5.08. The molecule has 0 saturated carbocycles. The summed E-state index contributed by atoms with van der Waals surface area (Å²) in [4.78, 5) is 27.0. The summed E-state index contributed by atoms with van der Waals surface area (Å²) in [6.45, 7) is 5.86. The van der Waals surface area contributed by atoms with Gasteiger partial charge >= 0.3 is 6.09 Å². The fourth-order valence-electron chi connectivity index (χ4n) is 4.09. The van der Waals surface area contributed by atoms with Crippen LogP contribution in [0.1, 0.15) is 31.9 Å². The number of rotatable bonds is 15. The summed E-state index contributed by atoms with van der Waals surface area (Å²) in [5, 5.41) is 13.6. The lowest BCUT2D eigenvalue weighted by atomic mass is 10.1. The number of anilines is 1. The van der Waals surface area contributed by atoms with Crippen LogP contribution in [0.3, 0.4) is 0 Å². The molecule has 0 radical (unpaired) electrons. The van der Waals surface area contributed by atoms with E-state index in [1.807, 2.05) is 48.5 Å². The maximum Gasteiger partial charge on any atom is 0.410 e. The molecule has 0 aromatic heterocycles. The molecule has 2 amide bonds. The number of ether oxygens (including phenoxy) is 5. The van der Waals surface area contributed by atoms with E-state index in [0.29, 0.717) is 35.9 Å². The number of hydrogen-bond acceptors (Lipinski definition) is 8. The van der Waals surface area contributed by atoms with Crippen LogP contribution in [0.4, 0.5) is 10.5 Å². The molecule has 10 heteroatoms. The molecule has 0 saturated heterocycles. The lowest BCUT2D eigenvalue weighted by Crippen LogP contribution is -2.43. The summed E-state index contributed by atoms with van der Waals surface area (Å²) < 4.78 is 26.9. The van der Waals surface area contributed by atoms with Crippen molar-refractivity contribution in [2.75, 3.05) is 46.0 Å². The first-order chi connectivity index (χ1) is 20.6. The van der Waals surface area contributed by atoms with Gasteiger partial charge in [0.15, 0.2) is 6.79 Å². The highest BCUT2D eigenvalue weighted by atomic mass is 16.7. The van der Waals surface area contributed by atoms with Crippen molar-refractivity contribution in [1.29, 1.82) is 0 Å². The Hall–Kier alpha value is -4.28. The number of methoxy groups -OCH3 is 2. The highest BCUT2D eigenvalue weighted by Gasteiger charge is 2.24. The number of nitrogens with zero attached hydrogens (tertiary/aromatic N) is 1. The molecule has 3 aromatic rings. The number of carbonyl (C=O) groups is 2. The normalized spacial score (nSPS) is 11.8. The van der Waals surface area contributed by atoms with E-state index in [4.69, 9.17) is 23.7 Å². The lowest BCUT2D eigenvalue weighted by molar-refractivity contribution is -0.115. The number of carbonyl (C=O) groups excluding carboxylic acids is 2. The summed E-state index contributed by atoms with van der Waals surface area (Å²) >= 11 is 0. The fourth-order valence-corrected chi connectivity index (χ4v) is 4.09. The van der Waals surface area contributed by atoms with Gasteiger partial charge in [0.05, 0.1) is 20.1 Å². The van der Waals surface area contributed by atoms with Crippen molar-refractivity contribution in [1.82, 2.24) is 4.90 Å². The molecule has 0 aliphatic carbocycles. The van der Waals surface area contributed by atoms with E-state index in [9.17, 15) is 14.7 Å². The van der Waals surface area contributed by atoms with Gasteiger partial charge in [0.1, 0.15) is 35.6 Å². The maximum absolute atomic E-state index is 13.0. The van der Waals surface area contributed by atoms with Crippen LogP contribution in [-0.2, 0) is 27.1 Å². The Bertz CT molecular complexity index is 1290. The van der Waals surface area contributed by atoms with E-state index in [1.165, 1.54) is 4.90 Å². The Morgan fingerprint density at radius 1 is 0.907 bits per heavy atom. The molecule has 43 heavy (non-hydrogen) atoms. The minimum atomic E-state index is -0.947. The summed E-state index contributed by atoms with van der Waals surface area (Å²) in [6, 6.07) is 21.8. The van der Waals surface area contributed by atoms with Crippen molar-refractivity contribution in [3.05, 3.63) is 83.9 Å². The molecule has 3 rings (SSSR count). The topological polar surface area (TPSA) is 116 Å². The average molecular weight is 595 g/mol. The molecule has 0 spiro atoms. The van der Waals surface area contributed by atoms with Crippen LogP contribution >= 0.6 is 0 Å². The minimum absolute atomic E-state index is 0.0131. The Balaban J connectivity index is 1.54. The van der Waals surface area contributed by atoms with Crippen LogP contribution in [-0.4, -0.2) is 74.4 Å². The summed E-state index contributed by atoms with van der Waals surface area (Å²) in [6.07, 6.45) is -0.758. The lowest BCUT2D eigenvalue weighted by Gasteiger charge is -2.29. The largest absolute Gasteiger partial charge is 0.496 e. The highest BCUT2D eigenvalue weighted by molar-refractivity contribution is 5.92. The molecule has 0 aliphatic rings. The summed E-state index contributed by atoms with van der Waals surface area (Å²) in [7, 11) is 3.12. The second kappa shape index (κ2) is 16.4. The van der Waals surface area contributed by atoms with Gasteiger partial charge in [0.25, 0.3) is 0 Å². The van der Waals surface area contributed by atoms with Crippen LogP contribution in [0.25, 0.3) is 0 Å². The molecule has 0 bridgehead atoms. The molecule has 10 nitrogen and oxygen atoms in total. The van der Waals surface area contributed by atoms with Crippen LogP contribution in [0, 0.1) is 0 Å². The van der Waals surface area contributed by atoms with E-state index < -0.39 is 17.8 Å². The smallest absolute Gasteiger partial charge is 0.410 e. The third kappa shape index (κ3) is 11.9. The van der Waals surface area contributed by atoms with Gasteiger partial charge in [-0.15, -0.1) is 0 Å². The summed E-state index contributed by atoms with van der Waals surface area (Å²) in [5.74, 6) is 1.71. The zero-order valence-corrected chi connectivity index (χ0v) is 25.5. The van der Waals surface area contributed by atoms with Gasteiger partial charge in [0.2, 0.25) is 5.91 Å². The summed E-state index contributed by atoms with van der Waals surface area (Å²) in [5.41, 5.74) is 1.74. The number of aliphatic hydroxyl groups is 1. The first-order valence-corrected chi connectivity index (χ1v) is 14.1. The molecule has 3 aromatic carbocycles. The second-order valence-electron chi connectivity index (χ2n) is 10.9. The molecular weight excluding hydrogens is 552 g/mol. The second-order valence-corrected chi connectivity index (χ2v) is 10.9. The van der Waals surface area contributed by atoms with Gasteiger partial charge < -0.3 is 39.0 Å². The van der Waals surface area contributed by atoms with E-state index in [1.54, 1.807) is 59.3 Å². The maximum atomic E-state index is 13.0. The number of amides is 2. The Morgan fingerprint density at radius 3 is 2.19 bits per heavy atom. The van der Waals surface area contributed by atoms with Crippen LogP contribution in [0.5, 0.6) is 17.2 Å². The van der Waals surface area contributed by atoms with Gasteiger partial charge in [0, 0.05) is 24.9 Å². The van der Waals surface area contributed by atoms with Crippen molar-refractivity contribution in [3.8, 4) is 17.2 Å². The number of benzene rings is 3. The zero-order chi connectivity index (χ0) is 31.2. The van der Waals surface area contributed by atoms with Crippen molar-refractivity contribution < 1.29 is 38.4 Å². The van der Waals surface area contributed by atoms with Gasteiger partial charge in [-0.1, -0.05) is 30.3 Å². The van der Waals surface area contributed by atoms with E-state index in [2.05, 4.69) is 5.32 Å². The Morgan fingerprint density at radius 2 is 1.56 bits per heavy atom. The highest BCUT2D eigenvalue weighted by Crippen LogP contribution is 2.20. The molecule has 0 heterocycles. The van der Waals surface area contributed by atoms with Crippen LogP contribution in [0.15, 0.2) is 72.8 Å². The third-order valence-corrected chi connectivity index (χ3v) is 6.14. The Kier molecular flexibility index (Phi) is 12.7. The molecule has 0 unspecified atom stereocenters. The molecular formula is C33H42N2O8. The average Bonchev–Trinajstić information content (AvgIpc) is 2.97. The van der Waals surface area contributed by atoms with Crippen LogP contribution in [0.2, 0.25) is 0 Å². The van der Waals surface area contributed by atoms with Crippen molar-refractivity contribution in [3.63, 3.8) is 0 Å². The number of aliphatic hydroxyl groups excluding tert-OH is 1. The SMILES string of the molecule is COCOc1ccc(OC[C@@H](O)CN(CCc2ccc(NC(=O)Cc3ccccc3OC)cc2)C(=O)OC(C)(C)C)cc1. The van der Waals surface area contributed by atoms with Crippen molar-refractivity contribution in [2.45, 2.75) is 45.3 Å². The van der Waals surface area contributed by atoms with E-state index >= 15 is 0 Å². The minimum Gasteiger partial charge on any atom is -0.496 e. The quantitative estimate of drug-likeness (QED) is 0.234. The van der Waals surface area contributed by atoms with E-state index in [0.717, 1.165) is 11.1 Å². The molecule has 0 aliphatic heterocycles. The first-order valence-electron chi connectivity index (χ1n) is 14.1. The molecule has 0 fully saturated rings. The first kappa shape index (κ1) is 33.2. The molecule has 2 N–H and O–H groups in total. The third-order valence-electron chi connectivity index (χ3n) is 6.14. The number of nitrogens with one attached hydrogen (secondary N) is 1. The van der Waals surface area contributed by atoms with Gasteiger partial charge in [-0.25, -0.2) is 4.79 Å². The molecule has 1 atom stereocenters. The number of para-hydroxylation sites is 1. The monoisotopic (exact) mass is 594 g/mol. The van der Waals surface area contributed by atoms with E-state index in [-0.39, 0.29) is 32.3 Å². The predicted molar refractivity (Wildman–Crippen MR) is 164 cm³/mol.